The van der Waals surface area contributed by atoms with Crippen molar-refractivity contribution in [3.05, 3.63) is 105 Å². The number of carbonyl (C=O) groups is 4. The molecule has 1 saturated heterocycles. The van der Waals surface area contributed by atoms with Crippen molar-refractivity contribution in [1.29, 1.82) is 5.26 Å². The minimum atomic E-state index is -5.09. The van der Waals surface area contributed by atoms with Crippen LogP contribution in [-0.2, 0) is 44.7 Å². The number of ether oxygens (including phenoxy) is 2. The molecule has 20 heteroatoms. The first kappa shape index (κ1) is 52.5. The van der Waals surface area contributed by atoms with Crippen molar-refractivity contribution in [1.82, 2.24) is 25.8 Å². The Morgan fingerprint density at radius 2 is 1.68 bits per heavy atom. The number of aryl methyl sites for hydroxylation is 1. The molecule has 13 nitrogen and oxygen atoms in total. The fourth-order valence-electron chi connectivity index (χ4n) is 7.40. The number of β-amino-alcohol motifs (C(OH)–C–C–N with tert-alkyl or cyclic N) is 1. The third-order valence-corrected chi connectivity index (χ3v) is 12.0. The van der Waals surface area contributed by atoms with Gasteiger partial charge in [0.2, 0.25) is 17.7 Å². The molecular formula is C48H52F6N6O7S. The Morgan fingerprint density at radius 1 is 0.956 bits per heavy atom. The zero-order valence-corrected chi connectivity index (χ0v) is 38.8. The van der Waals surface area contributed by atoms with Crippen molar-refractivity contribution in [2.24, 2.45) is 5.41 Å². The van der Waals surface area contributed by atoms with Crippen LogP contribution in [0.15, 0.2) is 71.7 Å². The van der Waals surface area contributed by atoms with Crippen LogP contribution in [-0.4, -0.2) is 77.0 Å². The number of halogens is 6. The number of thiazole rings is 1. The Kier molecular flexibility index (Phi) is 17.4. The molecule has 0 unspecified atom stereocenters. The first-order chi connectivity index (χ1) is 32.0. The Morgan fingerprint density at radius 3 is 2.29 bits per heavy atom. The number of alkyl halides is 6. The zero-order chi connectivity index (χ0) is 50.0. The molecule has 0 saturated carbocycles. The van der Waals surface area contributed by atoms with E-state index >= 15 is 0 Å². The monoisotopic (exact) mass is 970 g/mol. The summed E-state index contributed by atoms with van der Waals surface area (Å²) in [6.07, 6.45) is -8.31. The van der Waals surface area contributed by atoms with Gasteiger partial charge in [0.25, 0.3) is 5.91 Å². The molecule has 2 heterocycles. The van der Waals surface area contributed by atoms with Crippen LogP contribution >= 0.6 is 11.3 Å². The van der Waals surface area contributed by atoms with E-state index in [4.69, 9.17) is 9.47 Å². The lowest BCUT2D eigenvalue weighted by atomic mass is 9.85. The highest BCUT2D eigenvalue weighted by atomic mass is 32.1. The van der Waals surface area contributed by atoms with Crippen LogP contribution in [0.1, 0.15) is 86.4 Å². The van der Waals surface area contributed by atoms with Crippen molar-refractivity contribution in [3.63, 3.8) is 0 Å². The van der Waals surface area contributed by atoms with Crippen molar-refractivity contribution >= 4 is 41.0 Å². The number of carbonyl (C=O) groups excluding carboxylic acids is 4. The number of nitrogens with zero attached hydrogens (tertiary/aromatic N) is 3. The largest absolute Gasteiger partial charge is 0.493 e. The molecule has 3 atom stereocenters. The minimum Gasteiger partial charge on any atom is -0.493 e. The van der Waals surface area contributed by atoms with Gasteiger partial charge in [0.05, 0.1) is 40.4 Å². The summed E-state index contributed by atoms with van der Waals surface area (Å²) in [5.74, 6) is -2.04. The fourth-order valence-corrected chi connectivity index (χ4v) is 8.22. The third kappa shape index (κ3) is 14.0. The molecule has 1 aliphatic heterocycles. The highest BCUT2D eigenvalue weighted by Gasteiger charge is 2.44. The lowest BCUT2D eigenvalue weighted by molar-refractivity contribution is -0.144. The lowest BCUT2D eigenvalue weighted by Crippen LogP contribution is -2.57. The van der Waals surface area contributed by atoms with E-state index in [1.807, 2.05) is 37.3 Å². The minimum absolute atomic E-state index is 0.0117. The first-order valence-corrected chi connectivity index (χ1v) is 22.4. The summed E-state index contributed by atoms with van der Waals surface area (Å²) in [5.41, 5.74) is 0.331. The van der Waals surface area contributed by atoms with Gasteiger partial charge in [-0.15, -0.1) is 11.3 Å². The smallest absolute Gasteiger partial charge is 0.416 e. The first-order valence-electron chi connectivity index (χ1n) is 21.5. The second-order valence-electron chi connectivity index (χ2n) is 17.2. The highest BCUT2D eigenvalue weighted by molar-refractivity contribution is 7.13. The number of nitrogens with one attached hydrogen (secondary N) is 3. The molecule has 1 aliphatic rings. The summed E-state index contributed by atoms with van der Waals surface area (Å²) in [5, 5.41) is 28.6. The number of nitriles is 1. The molecule has 68 heavy (non-hydrogen) atoms. The predicted octanol–water partition coefficient (Wildman–Crippen LogP) is 8.14. The molecule has 4 amide bonds. The number of aliphatic hydroxyl groups is 1. The van der Waals surface area contributed by atoms with E-state index in [0.717, 1.165) is 21.7 Å². The molecular weight excluding hydrogens is 919 g/mol. The van der Waals surface area contributed by atoms with Gasteiger partial charge in [-0.3, -0.25) is 19.2 Å². The zero-order valence-electron chi connectivity index (χ0n) is 37.9. The maximum Gasteiger partial charge on any atom is 0.416 e. The van der Waals surface area contributed by atoms with E-state index in [1.165, 1.54) is 47.6 Å². The molecule has 0 spiro atoms. The number of aromatic nitrogens is 1. The summed E-state index contributed by atoms with van der Waals surface area (Å²) in [4.78, 5) is 60.1. The number of unbranched alkanes of at least 4 members (excludes halogenated alkanes) is 2. The van der Waals surface area contributed by atoms with Crippen LogP contribution in [0.4, 0.5) is 26.3 Å². The van der Waals surface area contributed by atoms with E-state index in [-0.39, 0.29) is 55.6 Å². The summed E-state index contributed by atoms with van der Waals surface area (Å²) in [6, 6.07) is 12.9. The Labute approximate surface area is 393 Å². The number of rotatable bonds is 18. The van der Waals surface area contributed by atoms with Gasteiger partial charge in [0, 0.05) is 38.0 Å². The van der Waals surface area contributed by atoms with Gasteiger partial charge in [0.1, 0.15) is 30.3 Å². The number of methoxy groups -OCH3 is 1. The van der Waals surface area contributed by atoms with E-state index in [2.05, 4.69) is 20.9 Å². The average Bonchev–Trinajstić information content (AvgIpc) is 3.90. The van der Waals surface area contributed by atoms with E-state index in [1.54, 1.807) is 26.3 Å². The molecule has 3 aromatic carbocycles. The van der Waals surface area contributed by atoms with Gasteiger partial charge in [-0.05, 0) is 72.2 Å². The molecule has 4 N–H and O–H groups in total. The average molecular weight is 971 g/mol. The van der Waals surface area contributed by atoms with Gasteiger partial charge in [-0.1, -0.05) is 63.6 Å². The number of benzene rings is 3. The second kappa shape index (κ2) is 22.6. The maximum absolute atomic E-state index is 14.0. The molecule has 0 radical (unpaired) electrons. The van der Waals surface area contributed by atoms with E-state index in [0.29, 0.717) is 37.0 Å². The van der Waals surface area contributed by atoms with Gasteiger partial charge in [0.15, 0.2) is 11.5 Å². The number of likely N-dealkylation sites (tertiary alicyclic amines) is 1. The van der Waals surface area contributed by atoms with Crippen LogP contribution in [0.25, 0.3) is 16.5 Å². The van der Waals surface area contributed by atoms with Crippen LogP contribution < -0.4 is 25.4 Å². The normalized spacial score (nSPS) is 15.9. The van der Waals surface area contributed by atoms with Crippen LogP contribution in [0.3, 0.4) is 0 Å². The Hall–Kier alpha value is -6.46. The molecule has 0 aliphatic carbocycles. The molecule has 1 aromatic heterocycles. The van der Waals surface area contributed by atoms with Crippen LogP contribution in [0.2, 0.25) is 0 Å². The number of hydrogen-bond acceptors (Lipinski definition) is 10. The highest BCUT2D eigenvalue weighted by Crippen LogP contribution is 2.39. The standard InChI is InChI=1S/C48H52F6N6O7S/c1-28-41(68-27-58-28)31-13-10-29(11-14-31)24-57-44(64)37-22-35(61)25-60(37)45(65)42(46(2,3)4)59-40(62)9-7-6-8-18-56-43(63)33(23-55)19-30-12-17-38(39(20-30)66-5)67-26-32-15-16-34(47(49,50)51)21-36(32)48(52,53)54/h10-17,19-21,27,35,37,42,61H,6-9,18,22,24-26H2,1-5H3,(H,56,63)(H,57,64)(H,59,62)/b33-19+/t35-,37+,42-/m1/s1. The molecule has 4 aromatic rings. The summed E-state index contributed by atoms with van der Waals surface area (Å²) >= 11 is 1.54. The molecule has 5 rings (SSSR count). The van der Waals surface area contributed by atoms with Crippen molar-refractivity contribution < 1.29 is 60.1 Å². The number of aliphatic hydroxyl groups excluding tert-OH is 1. The van der Waals surface area contributed by atoms with E-state index in [9.17, 15) is 55.9 Å². The number of amides is 4. The molecule has 0 bridgehead atoms. The van der Waals surface area contributed by atoms with Crippen LogP contribution in [0.5, 0.6) is 11.5 Å². The fraction of sp³-hybridized carbons (Fsp3) is 0.417. The quantitative estimate of drug-likeness (QED) is 0.0331. The topological polar surface area (TPSA) is 183 Å². The van der Waals surface area contributed by atoms with Crippen molar-refractivity contribution in [2.45, 2.75) is 103 Å². The summed E-state index contributed by atoms with van der Waals surface area (Å²) in [6.45, 7) is 6.85. The molecule has 364 valence electrons. The van der Waals surface area contributed by atoms with Crippen LogP contribution in [0, 0.1) is 23.7 Å². The maximum atomic E-state index is 14.0. The molecule has 1 fully saturated rings. The Bertz CT molecular complexity index is 2510. The second-order valence-corrected chi connectivity index (χ2v) is 18.1. The third-order valence-electron chi connectivity index (χ3n) is 11.1. The van der Waals surface area contributed by atoms with Crippen molar-refractivity contribution in [2.75, 3.05) is 20.2 Å². The lowest BCUT2D eigenvalue weighted by Gasteiger charge is -2.35. The number of hydrogen-bond donors (Lipinski definition) is 4. The van der Waals surface area contributed by atoms with Crippen molar-refractivity contribution in [3.8, 4) is 28.0 Å². The van der Waals surface area contributed by atoms with Gasteiger partial charge < -0.3 is 35.4 Å². The van der Waals surface area contributed by atoms with Gasteiger partial charge in [-0.2, -0.15) is 31.6 Å². The van der Waals surface area contributed by atoms with Gasteiger partial charge in [-0.25, -0.2) is 4.98 Å². The Balaban J connectivity index is 1.08. The van der Waals surface area contributed by atoms with E-state index < -0.39 is 82.9 Å². The predicted molar refractivity (Wildman–Crippen MR) is 240 cm³/mol. The summed E-state index contributed by atoms with van der Waals surface area (Å²) < 4.78 is 90.9. The SMILES string of the molecule is COc1cc(/C=C(\C#N)C(=O)NCCCCCC(=O)N[C@H](C(=O)N2C[C@H](O)C[C@H]2C(=O)NCc2ccc(-c3scnc3C)cc2)C(C)(C)C)ccc1OCc1ccc(C(F)(F)F)cc1C(F)(F)F. The van der Waals surface area contributed by atoms with Gasteiger partial charge >= 0.3 is 12.4 Å². The summed E-state index contributed by atoms with van der Waals surface area (Å²) in [7, 11) is 1.24.